The zero-order chi connectivity index (χ0) is 16.6. The summed E-state index contributed by atoms with van der Waals surface area (Å²) in [6.07, 6.45) is -0.692. The Morgan fingerprint density at radius 3 is 2.70 bits per heavy atom. The van der Waals surface area contributed by atoms with Gasteiger partial charge in [-0.1, -0.05) is 30.0 Å². The number of para-hydroxylation sites is 1. The van der Waals surface area contributed by atoms with E-state index >= 15 is 0 Å². The molecule has 1 aromatic carbocycles. The highest BCUT2D eigenvalue weighted by atomic mass is 32.2. The van der Waals surface area contributed by atoms with Crippen molar-refractivity contribution in [1.82, 2.24) is 4.90 Å². The Morgan fingerprint density at radius 1 is 1.35 bits per heavy atom. The number of amidine groups is 1. The lowest BCUT2D eigenvalue weighted by Crippen LogP contribution is -2.34. The summed E-state index contributed by atoms with van der Waals surface area (Å²) in [5.74, 6) is 0.524. The fraction of sp³-hybridized carbons (Fsp3) is 0.467. The molecule has 8 heteroatoms. The molecule has 2 saturated heterocycles. The molecule has 3 atom stereocenters. The lowest BCUT2D eigenvalue weighted by molar-refractivity contribution is -0.123. The van der Waals surface area contributed by atoms with Gasteiger partial charge in [-0.2, -0.15) is 4.99 Å². The molecule has 0 aliphatic carbocycles. The molecule has 1 aromatic rings. The first-order valence-electron chi connectivity index (χ1n) is 7.30. The summed E-state index contributed by atoms with van der Waals surface area (Å²) in [6, 6.07) is 9.00. The van der Waals surface area contributed by atoms with Gasteiger partial charge in [-0.3, -0.25) is 4.79 Å². The van der Waals surface area contributed by atoms with Gasteiger partial charge in [0, 0.05) is 12.3 Å². The number of sulfone groups is 1. The summed E-state index contributed by atoms with van der Waals surface area (Å²) in [5, 5.41) is 0.533. The smallest absolute Gasteiger partial charge is 0.288 e. The SMILES string of the molecule is C[C@@H](Oc1ccccc1)C(=O)N=C1S[C@@H]2CS(=O)(=O)C[C@@H]2N1C. The average molecular weight is 354 g/mol. The minimum Gasteiger partial charge on any atom is -0.481 e. The van der Waals surface area contributed by atoms with Crippen molar-refractivity contribution in [3.05, 3.63) is 30.3 Å². The summed E-state index contributed by atoms with van der Waals surface area (Å²) in [5.41, 5.74) is 0. The molecular formula is C15H18N2O4S2. The van der Waals surface area contributed by atoms with Crippen LogP contribution in [-0.2, 0) is 14.6 Å². The van der Waals surface area contributed by atoms with Crippen LogP contribution in [0.5, 0.6) is 5.75 Å². The molecule has 2 aliphatic heterocycles. The molecule has 124 valence electrons. The number of rotatable bonds is 3. The van der Waals surface area contributed by atoms with Gasteiger partial charge in [-0.15, -0.1) is 0 Å². The number of nitrogens with zero attached hydrogens (tertiary/aromatic N) is 2. The Bertz CT molecular complexity index is 733. The van der Waals surface area contributed by atoms with E-state index in [1.807, 2.05) is 18.2 Å². The average Bonchev–Trinajstić information content (AvgIpc) is 2.94. The lowest BCUT2D eigenvalue weighted by atomic mass is 10.2. The largest absolute Gasteiger partial charge is 0.481 e. The van der Waals surface area contributed by atoms with Crippen molar-refractivity contribution < 1.29 is 17.9 Å². The summed E-state index contributed by atoms with van der Waals surface area (Å²) >= 11 is 1.36. The Balaban J connectivity index is 1.67. The number of fused-ring (bicyclic) bond motifs is 1. The molecule has 0 N–H and O–H groups in total. The molecule has 0 saturated carbocycles. The van der Waals surface area contributed by atoms with Gasteiger partial charge in [0.15, 0.2) is 21.1 Å². The number of hydrogen-bond acceptors (Lipinski definition) is 5. The third-order valence-corrected chi connectivity index (χ3v) is 7.24. The summed E-state index contributed by atoms with van der Waals surface area (Å²) in [6.45, 7) is 1.66. The third-order valence-electron chi connectivity index (χ3n) is 3.94. The standard InChI is InChI=1S/C15H18N2O4S2/c1-10(21-11-6-4-3-5-7-11)14(18)16-15-17(2)12-8-23(19,20)9-13(12)22-15/h3-7,10,12-13H,8-9H2,1-2H3/t10-,12+,13-/m1/s1. The van der Waals surface area contributed by atoms with Gasteiger partial charge in [0.05, 0.1) is 17.5 Å². The second-order valence-electron chi connectivity index (χ2n) is 5.72. The van der Waals surface area contributed by atoms with Crippen molar-refractivity contribution in [3.63, 3.8) is 0 Å². The van der Waals surface area contributed by atoms with Crippen molar-refractivity contribution in [3.8, 4) is 5.75 Å². The number of carbonyl (C=O) groups is 1. The molecule has 0 radical (unpaired) electrons. The maximum absolute atomic E-state index is 12.2. The second-order valence-corrected chi connectivity index (χ2v) is 9.08. The fourth-order valence-corrected chi connectivity index (χ4v) is 6.68. The van der Waals surface area contributed by atoms with Crippen LogP contribution in [0.4, 0.5) is 0 Å². The first-order valence-corrected chi connectivity index (χ1v) is 10.00. The van der Waals surface area contributed by atoms with E-state index in [1.54, 1.807) is 31.0 Å². The molecular weight excluding hydrogens is 336 g/mol. The molecule has 6 nitrogen and oxygen atoms in total. The number of hydrogen-bond donors (Lipinski definition) is 0. The lowest BCUT2D eigenvalue weighted by Gasteiger charge is -2.18. The molecule has 1 amide bonds. The molecule has 2 fully saturated rings. The van der Waals surface area contributed by atoms with Gasteiger partial charge >= 0.3 is 0 Å². The molecule has 0 unspecified atom stereocenters. The maximum atomic E-state index is 12.2. The van der Waals surface area contributed by atoms with Crippen LogP contribution >= 0.6 is 11.8 Å². The molecule has 0 aromatic heterocycles. The molecule has 23 heavy (non-hydrogen) atoms. The van der Waals surface area contributed by atoms with Gasteiger partial charge in [0.1, 0.15) is 5.75 Å². The fourth-order valence-electron chi connectivity index (χ4n) is 2.68. The van der Waals surface area contributed by atoms with Gasteiger partial charge in [0.25, 0.3) is 5.91 Å². The third kappa shape index (κ3) is 3.53. The van der Waals surface area contributed by atoms with Crippen molar-refractivity contribution in [1.29, 1.82) is 0 Å². The molecule has 3 rings (SSSR count). The van der Waals surface area contributed by atoms with Gasteiger partial charge < -0.3 is 9.64 Å². The van der Waals surface area contributed by atoms with Crippen LogP contribution in [0.15, 0.2) is 35.3 Å². The van der Waals surface area contributed by atoms with E-state index in [0.717, 1.165) is 0 Å². The minimum absolute atomic E-state index is 0.0399. The topological polar surface area (TPSA) is 76.0 Å². The summed E-state index contributed by atoms with van der Waals surface area (Å²) in [7, 11) is -1.19. The predicted octanol–water partition coefficient (Wildman–Crippen LogP) is 1.18. The van der Waals surface area contributed by atoms with Crippen LogP contribution in [0.1, 0.15) is 6.92 Å². The van der Waals surface area contributed by atoms with Crippen LogP contribution in [0, 0.1) is 0 Å². The molecule has 2 heterocycles. The highest BCUT2D eigenvalue weighted by Gasteiger charge is 2.47. The number of amides is 1. The Morgan fingerprint density at radius 2 is 2.04 bits per heavy atom. The minimum atomic E-state index is -2.97. The van der Waals surface area contributed by atoms with Crippen molar-refractivity contribution in [2.24, 2.45) is 4.99 Å². The van der Waals surface area contributed by atoms with Gasteiger partial charge in [-0.25, -0.2) is 8.42 Å². The molecule has 0 bridgehead atoms. The van der Waals surface area contributed by atoms with E-state index in [1.165, 1.54) is 11.8 Å². The van der Waals surface area contributed by atoms with E-state index in [-0.39, 0.29) is 28.7 Å². The Kier molecular flexibility index (Phi) is 4.37. The zero-order valence-electron chi connectivity index (χ0n) is 12.9. The number of ether oxygens (including phenoxy) is 1. The van der Waals surface area contributed by atoms with Crippen LogP contribution < -0.4 is 4.74 Å². The molecule has 2 aliphatic rings. The molecule has 0 spiro atoms. The van der Waals surface area contributed by atoms with Crippen LogP contribution in [-0.4, -0.2) is 60.3 Å². The van der Waals surface area contributed by atoms with Crippen molar-refractivity contribution in [2.45, 2.75) is 24.3 Å². The number of carbonyl (C=O) groups excluding carboxylic acids is 1. The van der Waals surface area contributed by atoms with E-state index in [9.17, 15) is 13.2 Å². The Labute approximate surface area is 139 Å². The summed E-state index contributed by atoms with van der Waals surface area (Å²) in [4.78, 5) is 18.2. The normalized spacial score (nSPS) is 28.6. The van der Waals surface area contributed by atoms with E-state index in [2.05, 4.69) is 4.99 Å². The second kappa shape index (κ2) is 6.16. The van der Waals surface area contributed by atoms with Crippen LogP contribution in [0.3, 0.4) is 0 Å². The van der Waals surface area contributed by atoms with Gasteiger partial charge in [0.2, 0.25) is 0 Å². The van der Waals surface area contributed by atoms with E-state index < -0.39 is 15.9 Å². The summed E-state index contributed by atoms with van der Waals surface area (Å²) < 4.78 is 28.9. The monoisotopic (exact) mass is 354 g/mol. The van der Waals surface area contributed by atoms with E-state index in [0.29, 0.717) is 10.9 Å². The first-order chi connectivity index (χ1) is 10.9. The van der Waals surface area contributed by atoms with Crippen LogP contribution in [0.2, 0.25) is 0 Å². The highest BCUT2D eigenvalue weighted by Crippen LogP contribution is 2.37. The number of aliphatic imine (C=N–C) groups is 1. The quantitative estimate of drug-likeness (QED) is 0.811. The number of thioether (sulfide) groups is 1. The highest BCUT2D eigenvalue weighted by molar-refractivity contribution is 8.15. The van der Waals surface area contributed by atoms with Crippen molar-refractivity contribution >= 4 is 32.7 Å². The predicted molar refractivity (Wildman–Crippen MR) is 90.6 cm³/mol. The zero-order valence-corrected chi connectivity index (χ0v) is 14.5. The van der Waals surface area contributed by atoms with Crippen molar-refractivity contribution in [2.75, 3.05) is 18.6 Å². The first kappa shape index (κ1) is 16.3. The Hall–Kier alpha value is -1.54. The van der Waals surface area contributed by atoms with Gasteiger partial charge in [-0.05, 0) is 19.1 Å². The van der Waals surface area contributed by atoms with E-state index in [4.69, 9.17) is 4.74 Å². The van der Waals surface area contributed by atoms with Crippen LogP contribution in [0.25, 0.3) is 0 Å². The number of benzene rings is 1. The maximum Gasteiger partial charge on any atom is 0.288 e.